The zero-order chi connectivity index (χ0) is 15.2. The predicted octanol–water partition coefficient (Wildman–Crippen LogP) is 2.45. The molecule has 1 heterocycles. The summed E-state index contributed by atoms with van der Waals surface area (Å²) in [7, 11) is 0. The summed E-state index contributed by atoms with van der Waals surface area (Å²) in [5, 5.41) is 12.5. The van der Waals surface area contributed by atoms with Crippen molar-refractivity contribution >= 4 is 5.97 Å². The summed E-state index contributed by atoms with van der Waals surface area (Å²) in [6.45, 7) is 8.17. The van der Waals surface area contributed by atoms with Crippen molar-refractivity contribution in [3.8, 4) is 0 Å². The van der Waals surface area contributed by atoms with E-state index in [4.69, 9.17) is 5.11 Å². The van der Waals surface area contributed by atoms with E-state index in [0.29, 0.717) is 6.04 Å². The van der Waals surface area contributed by atoms with Crippen molar-refractivity contribution in [1.29, 1.82) is 0 Å². The van der Waals surface area contributed by atoms with E-state index < -0.39 is 11.9 Å². The molecule has 4 heteroatoms. The molecule has 116 valence electrons. The molecule has 0 aromatic heterocycles. The van der Waals surface area contributed by atoms with Crippen molar-refractivity contribution in [2.45, 2.75) is 45.2 Å². The molecule has 1 aliphatic rings. The second-order valence-corrected chi connectivity index (χ2v) is 5.86. The normalized spacial score (nSPS) is 20.6. The number of likely N-dealkylation sites (N-methyl/N-ethyl adjacent to an activating group) is 1. The van der Waals surface area contributed by atoms with Gasteiger partial charge in [0, 0.05) is 19.1 Å². The third kappa shape index (κ3) is 4.29. The lowest BCUT2D eigenvalue weighted by Crippen LogP contribution is -2.37. The van der Waals surface area contributed by atoms with Gasteiger partial charge in [-0.25, -0.2) is 0 Å². The minimum Gasteiger partial charge on any atom is -0.481 e. The molecule has 0 aliphatic carbocycles. The first kappa shape index (κ1) is 16.0. The van der Waals surface area contributed by atoms with Gasteiger partial charge in [-0.15, -0.1) is 0 Å². The van der Waals surface area contributed by atoms with E-state index in [1.54, 1.807) is 6.92 Å². The number of hydrogen-bond donors (Lipinski definition) is 2. The molecule has 1 aromatic rings. The van der Waals surface area contributed by atoms with Crippen molar-refractivity contribution < 1.29 is 9.90 Å². The topological polar surface area (TPSA) is 52.6 Å². The molecule has 0 radical (unpaired) electrons. The van der Waals surface area contributed by atoms with Crippen LogP contribution in [0.1, 0.15) is 43.7 Å². The van der Waals surface area contributed by atoms with Gasteiger partial charge in [0.15, 0.2) is 0 Å². The van der Waals surface area contributed by atoms with E-state index in [-0.39, 0.29) is 0 Å². The highest BCUT2D eigenvalue weighted by atomic mass is 16.4. The van der Waals surface area contributed by atoms with Crippen LogP contribution in [-0.2, 0) is 11.3 Å². The van der Waals surface area contributed by atoms with E-state index in [0.717, 1.165) is 25.2 Å². The fourth-order valence-electron chi connectivity index (χ4n) is 2.99. The molecule has 1 saturated heterocycles. The van der Waals surface area contributed by atoms with Crippen LogP contribution in [0, 0.1) is 0 Å². The van der Waals surface area contributed by atoms with Crippen LogP contribution in [0.5, 0.6) is 0 Å². The van der Waals surface area contributed by atoms with Crippen LogP contribution in [0.3, 0.4) is 0 Å². The lowest BCUT2D eigenvalue weighted by Gasteiger charge is -2.23. The van der Waals surface area contributed by atoms with Crippen molar-refractivity contribution in [1.82, 2.24) is 10.2 Å². The summed E-state index contributed by atoms with van der Waals surface area (Å²) in [6.07, 6.45) is 2.60. The highest BCUT2D eigenvalue weighted by Gasteiger charge is 2.22. The Morgan fingerprint density at radius 2 is 2.14 bits per heavy atom. The summed E-state index contributed by atoms with van der Waals surface area (Å²) < 4.78 is 0. The van der Waals surface area contributed by atoms with E-state index in [1.165, 1.54) is 24.9 Å². The maximum atomic E-state index is 10.9. The Kier molecular flexibility index (Phi) is 5.76. The first-order valence-corrected chi connectivity index (χ1v) is 7.88. The van der Waals surface area contributed by atoms with E-state index >= 15 is 0 Å². The first-order chi connectivity index (χ1) is 10.1. The molecule has 2 unspecified atom stereocenters. The third-order valence-corrected chi connectivity index (χ3v) is 4.46. The van der Waals surface area contributed by atoms with Crippen molar-refractivity contribution in [3.05, 3.63) is 35.4 Å². The first-order valence-electron chi connectivity index (χ1n) is 7.88. The summed E-state index contributed by atoms with van der Waals surface area (Å²) >= 11 is 0. The van der Waals surface area contributed by atoms with Gasteiger partial charge in [0.25, 0.3) is 0 Å². The summed E-state index contributed by atoms with van der Waals surface area (Å²) in [5.41, 5.74) is 2.07. The number of carboxylic acids is 1. The number of likely N-dealkylation sites (tertiary alicyclic amines) is 1. The fourth-order valence-corrected chi connectivity index (χ4v) is 2.99. The molecule has 4 nitrogen and oxygen atoms in total. The molecule has 2 N–H and O–H groups in total. The van der Waals surface area contributed by atoms with Gasteiger partial charge in [-0.2, -0.15) is 0 Å². The molecule has 0 amide bonds. The highest BCUT2D eigenvalue weighted by Crippen LogP contribution is 2.17. The molecule has 21 heavy (non-hydrogen) atoms. The van der Waals surface area contributed by atoms with Gasteiger partial charge in [0.2, 0.25) is 0 Å². The average Bonchev–Trinajstić information content (AvgIpc) is 2.94. The largest absolute Gasteiger partial charge is 0.481 e. The molecule has 2 rings (SSSR count). The van der Waals surface area contributed by atoms with Crippen LogP contribution in [0.4, 0.5) is 0 Å². The SMILES string of the molecule is CCN1CCCC1CNCc1ccc(C(C)C(=O)O)cc1. The molecule has 0 bridgehead atoms. The number of carboxylic acid groups (broad SMARTS) is 1. The van der Waals surface area contributed by atoms with Gasteiger partial charge in [-0.1, -0.05) is 31.2 Å². The molecule has 0 spiro atoms. The molecular weight excluding hydrogens is 264 g/mol. The lowest BCUT2D eigenvalue weighted by atomic mass is 10.00. The fraction of sp³-hybridized carbons (Fsp3) is 0.588. The minimum atomic E-state index is -0.776. The number of rotatable bonds is 7. The summed E-state index contributed by atoms with van der Waals surface area (Å²) in [4.78, 5) is 13.5. The number of nitrogens with zero attached hydrogens (tertiary/aromatic N) is 1. The second-order valence-electron chi connectivity index (χ2n) is 5.86. The van der Waals surface area contributed by atoms with Crippen LogP contribution < -0.4 is 5.32 Å². The zero-order valence-corrected chi connectivity index (χ0v) is 13.0. The standard InChI is InChI=1S/C17H26N2O2/c1-3-19-10-4-5-16(19)12-18-11-14-6-8-15(9-7-14)13(2)17(20)21/h6-9,13,16,18H,3-5,10-12H2,1-2H3,(H,20,21). The van der Waals surface area contributed by atoms with Crippen LogP contribution >= 0.6 is 0 Å². The third-order valence-electron chi connectivity index (χ3n) is 4.46. The Morgan fingerprint density at radius 1 is 1.43 bits per heavy atom. The number of aliphatic carboxylic acids is 1. The van der Waals surface area contributed by atoms with Crippen molar-refractivity contribution in [2.75, 3.05) is 19.6 Å². The predicted molar refractivity (Wildman–Crippen MR) is 84.5 cm³/mol. The summed E-state index contributed by atoms with van der Waals surface area (Å²) in [6, 6.07) is 8.55. The van der Waals surface area contributed by atoms with Crippen LogP contribution in [0.15, 0.2) is 24.3 Å². The minimum absolute atomic E-state index is 0.441. The molecule has 2 atom stereocenters. The number of benzene rings is 1. The highest BCUT2D eigenvalue weighted by molar-refractivity contribution is 5.75. The molecule has 0 saturated carbocycles. The Morgan fingerprint density at radius 3 is 2.76 bits per heavy atom. The number of carbonyl (C=O) groups is 1. The maximum Gasteiger partial charge on any atom is 0.310 e. The van der Waals surface area contributed by atoms with Gasteiger partial charge in [-0.05, 0) is 44.0 Å². The van der Waals surface area contributed by atoms with Gasteiger partial charge < -0.3 is 10.4 Å². The molecular formula is C17H26N2O2. The van der Waals surface area contributed by atoms with Crippen LogP contribution in [0.2, 0.25) is 0 Å². The van der Waals surface area contributed by atoms with Gasteiger partial charge in [-0.3, -0.25) is 9.69 Å². The molecule has 1 fully saturated rings. The average molecular weight is 290 g/mol. The Hall–Kier alpha value is -1.39. The zero-order valence-electron chi connectivity index (χ0n) is 13.0. The number of hydrogen-bond acceptors (Lipinski definition) is 3. The maximum absolute atomic E-state index is 10.9. The van der Waals surface area contributed by atoms with E-state index in [9.17, 15) is 4.79 Å². The van der Waals surface area contributed by atoms with Gasteiger partial charge in [0.1, 0.15) is 0 Å². The van der Waals surface area contributed by atoms with Crippen molar-refractivity contribution in [3.63, 3.8) is 0 Å². The quantitative estimate of drug-likeness (QED) is 0.810. The van der Waals surface area contributed by atoms with Gasteiger partial charge >= 0.3 is 5.97 Å². The number of nitrogens with one attached hydrogen (secondary N) is 1. The second kappa shape index (κ2) is 7.57. The molecule has 1 aromatic carbocycles. The summed E-state index contributed by atoms with van der Waals surface area (Å²) in [5.74, 6) is -1.22. The Balaban J connectivity index is 1.80. The van der Waals surface area contributed by atoms with E-state index in [1.807, 2.05) is 24.3 Å². The smallest absolute Gasteiger partial charge is 0.310 e. The van der Waals surface area contributed by atoms with E-state index in [2.05, 4.69) is 17.1 Å². The van der Waals surface area contributed by atoms with Crippen molar-refractivity contribution in [2.24, 2.45) is 0 Å². The van der Waals surface area contributed by atoms with Crippen LogP contribution in [-0.4, -0.2) is 41.7 Å². The Bertz CT molecular complexity index is 458. The Labute approximate surface area is 127 Å². The van der Waals surface area contributed by atoms with Gasteiger partial charge in [0.05, 0.1) is 5.92 Å². The van der Waals surface area contributed by atoms with Crippen LogP contribution in [0.25, 0.3) is 0 Å². The lowest BCUT2D eigenvalue weighted by molar-refractivity contribution is -0.138. The monoisotopic (exact) mass is 290 g/mol. The molecule has 1 aliphatic heterocycles.